The third kappa shape index (κ3) is 4.90. The number of carbonyl (C=O) groups is 1. The minimum atomic E-state index is -0.346. The van der Waals surface area contributed by atoms with Crippen LogP contribution in [0.5, 0.6) is 0 Å². The van der Waals surface area contributed by atoms with Crippen molar-refractivity contribution in [2.75, 3.05) is 38.5 Å². The van der Waals surface area contributed by atoms with E-state index in [0.717, 1.165) is 19.6 Å². The predicted octanol–water partition coefficient (Wildman–Crippen LogP) is 1.70. The van der Waals surface area contributed by atoms with Crippen molar-refractivity contribution in [2.24, 2.45) is 5.92 Å². The van der Waals surface area contributed by atoms with E-state index >= 15 is 0 Å². The molecule has 2 N–H and O–H groups in total. The molecule has 1 aromatic carbocycles. The van der Waals surface area contributed by atoms with Gasteiger partial charge >= 0.3 is 0 Å². The summed E-state index contributed by atoms with van der Waals surface area (Å²) in [5, 5.41) is 5.86. The maximum atomic E-state index is 13.0. The Balaban J connectivity index is 1.67. The lowest BCUT2D eigenvalue weighted by atomic mass is 9.98. The molecule has 0 spiro atoms. The number of piperidine rings is 1. The number of hydrogen-bond acceptors (Lipinski definition) is 3. The molecule has 1 aliphatic heterocycles. The Hall–Kier alpha value is -1.46. The van der Waals surface area contributed by atoms with E-state index < -0.39 is 0 Å². The molecule has 1 atom stereocenters. The molecule has 1 aromatic rings. The number of hydrogen-bond donors (Lipinski definition) is 2. The number of halogens is 1. The number of likely N-dealkylation sites (tertiary alicyclic amines) is 1. The molecule has 1 fully saturated rings. The van der Waals surface area contributed by atoms with Gasteiger partial charge in [0.25, 0.3) is 0 Å². The Morgan fingerprint density at radius 3 is 3.10 bits per heavy atom. The summed E-state index contributed by atoms with van der Waals surface area (Å²) in [6.45, 7) is 3.35. The van der Waals surface area contributed by atoms with Gasteiger partial charge in [-0.25, -0.2) is 4.39 Å². The number of rotatable bonds is 5. The van der Waals surface area contributed by atoms with E-state index in [1.54, 1.807) is 12.1 Å². The summed E-state index contributed by atoms with van der Waals surface area (Å²) in [4.78, 5) is 14.0. The Bertz CT molecular complexity index is 452. The Morgan fingerprint density at radius 1 is 1.50 bits per heavy atom. The number of benzene rings is 1. The number of amides is 1. The highest BCUT2D eigenvalue weighted by atomic mass is 19.1. The zero-order valence-electron chi connectivity index (χ0n) is 11.9. The van der Waals surface area contributed by atoms with Crippen molar-refractivity contribution in [1.82, 2.24) is 10.2 Å². The molecule has 2 rings (SSSR count). The molecule has 1 saturated heterocycles. The minimum absolute atomic E-state index is 0.139. The summed E-state index contributed by atoms with van der Waals surface area (Å²) >= 11 is 0. The van der Waals surface area contributed by atoms with Gasteiger partial charge in [0.1, 0.15) is 5.82 Å². The van der Waals surface area contributed by atoms with Crippen LogP contribution >= 0.6 is 0 Å². The topological polar surface area (TPSA) is 44.4 Å². The highest BCUT2D eigenvalue weighted by Crippen LogP contribution is 2.13. The monoisotopic (exact) mass is 279 g/mol. The molecule has 110 valence electrons. The van der Waals surface area contributed by atoms with Gasteiger partial charge in [-0.3, -0.25) is 4.79 Å². The molecular weight excluding hydrogens is 257 g/mol. The van der Waals surface area contributed by atoms with Crippen LogP contribution in [0.15, 0.2) is 24.3 Å². The lowest BCUT2D eigenvalue weighted by Crippen LogP contribution is -2.39. The average molecular weight is 279 g/mol. The van der Waals surface area contributed by atoms with E-state index in [1.165, 1.54) is 25.0 Å². The SMILES string of the molecule is CN1CCCC(CNCC(=O)Nc2cccc(F)c2)C1. The molecule has 0 saturated carbocycles. The summed E-state index contributed by atoms with van der Waals surface area (Å²) in [5.41, 5.74) is 0.495. The first-order valence-electron chi connectivity index (χ1n) is 7.08. The van der Waals surface area contributed by atoms with Crippen molar-refractivity contribution in [3.05, 3.63) is 30.1 Å². The number of carbonyl (C=O) groups excluding carboxylic acids is 1. The normalized spacial score (nSPS) is 19.8. The van der Waals surface area contributed by atoms with Crippen molar-refractivity contribution in [1.29, 1.82) is 0 Å². The van der Waals surface area contributed by atoms with Gasteiger partial charge in [-0.1, -0.05) is 6.07 Å². The minimum Gasteiger partial charge on any atom is -0.325 e. The molecule has 4 nitrogen and oxygen atoms in total. The summed E-state index contributed by atoms with van der Waals surface area (Å²) in [5.74, 6) is 0.122. The average Bonchev–Trinajstić information content (AvgIpc) is 2.38. The molecule has 0 bridgehead atoms. The second-order valence-electron chi connectivity index (χ2n) is 5.46. The van der Waals surface area contributed by atoms with Crippen LogP contribution in [0.4, 0.5) is 10.1 Å². The third-order valence-corrected chi connectivity index (χ3v) is 3.55. The van der Waals surface area contributed by atoms with Crippen LogP contribution < -0.4 is 10.6 Å². The van der Waals surface area contributed by atoms with E-state index in [1.807, 2.05) is 0 Å². The molecule has 20 heavy (non-hydrogen) atoms. The standard InChI is InChI=1S/C15H22FN3O/c1-19-7-3-4-12(11-19)9-17-10-15(20)18-14-6-2-5-13(16)8-14/h2,5-6,8,12,17H,3-4,7,9-11H2,1H3,(H,18,20). The fraction of sp³-hybridized carbons (Fsp3) is 0.533. The van der Waals surface area contributed by atoms with E-state index in [2.05, 4.69) is 22.6 Å². The highest BCUT2D eigenvalue weighted by Gasteiger charge is 2.16. The fourth-order valence-electron chi connectivity index (χ4n) is 2.60. The van der Waals surface area contributed by atoms with E-state index in [-0.39, 0.29) is 18.3 Å². The van der Waals surface area contributed by atoms with Gasteiger partial charge in [0, 0.05) is 12.2 Å². The van der Waals surface area contributed by atoms with Crippen LogP contribution in [-0.4, -0.2) is 44.0 Å². The Kier molecular flexibility index (Phi) is 5.49. The third-order valence-electron chi connectivity index (χ3n) is 3.55. The van der Waals surface area contributed by atoms with Crippen molar-refractivity contribution >= 4 is 11.6 Å². The van der Waals surface area contributed by atoms with Crippen molar-refractivity contribution in [2.45, 2.75) is 12.8 Å². The van der Waals surface area contributed by atoms with E-state index in [9.17, 15) is 9.18 Å². The number of anilines is 1. The van der Waals surface area contributed by atoms with Gasteiger partial charge in [-0.2, -0.15) is 0 Å². The number of nitrogens with one attached hydrogen (secondary N) is 2. The van der Waals surface area contributed by atoms with Gasteiger partial charge in [-0.05, 0) is 57.1 Å². The fourth-order valence-corrected chi connectivity index (χ4v) is 2.60. The zero-order chi connectivity index (χ0) is 14.4. The Morgan fingerprint density at radius 2 is 2.35 bits per heavy atom. The van der Waals surface area contributed by atoms with Gasteiger partial charge < -0.3 is 15.5 Å². The first-order chi connectivity index (χ1) is 9.63. The quantitative estimate of drug-likeness (QED) is 0.862. The maximum Gasteiger partial charge on any atom is 0.238 e. The molecule has 0 aliphatic carbocycles. The molecule has 1 unspecified atom stereocenters. The van der Waals surface area contributed by atoms with Gasteiger partial charge in [-0.15, -0.1) is 0 Å². The second-order valence-corrected chi connectivity index (χ2v) is 5.46. The second kappa shape index (κ2) is 7.36. The van der Waals surface area contributed by atoms with Gasteiger partial charge in [0.05, 0.1) is 6.54 Å². The molecular formula is C15H22FN3O. The smallest absolute Gasteiger partial charge is 0.238 e. The molecule has 1 heterocycles. The van der Waals surface area contributed by atoms with Crippen LogP contribution in [0.3, 0.4) is 0 Å². The Labute approximate surface area is 119 Å². The van der Waals surface area contributed by atoms with Gasteiger partial charge in [0.2, 0.25) is 5.91 Å². The largest absolute Gasteiger partial charge is 0.325 e. The van der Waals surface area contributed by atoms with Crippen LogP contribution in [-0.2, 0) is 4.79 Å². The molecule has 0 aromatic heterocycles. The highest BCUT2D eigenvalue weighted by molar-refractivity contribution is 5.92. The van der Waals surface area contributed by atoms with Crippen molar-refractivity contribution in [3.63, 3.8) is 0 Å². The lowest BCUT2D eigenvalue weighted by molar-refractivity contribution is -0.115. The first-order valence-corrected chi connectivity index (χ1v) is 7.08. The van der Waals surface area contributed by atoms with Gasteiger partial charge in [0.15, 0.2) is 0 Å². The predicted molar refractivity (Wildman–Crippen MR) is 78.1 cm³/mol. The molecule has 1 aliphatic rings. The summed E-state index contributed by atoms with van der Waals surface area (Å²) in [6, 6.07) is 5.93. The molecule has 5 heteroatoms. The summed E-state index contributed by atoms with van der Waals surface area (Å²) in [7, 11) is 2.13. The maximum absolute atomic E-state index is 13.0. The van der Waals surface area contributed by atoms with Crippen LogP contribution in [0.1, 0.15) is 12.8 Å². The molecule has 0 radical (unpaired) electrons. The first kappa shape index (κ1) is 14.9. The summed E-state index contributed by atoms with van der Waals surface area (Å²) in [6.07, 6.45) is 2.43. The molecule has 1 amide bonds. The van der Waals surface area contributed by atoms with Crippen molar-refractivity contribution in [3.8, 4) is 0 Å². The summed E-state index contributed by atoms with van der Waals surface area (Å²) < 4.78 is 13.0. The van der Waals surface area contributed by atoms with Crippen molar-refractivity contribution < 1.29 is 9.18 Å². The number of nitrogens with zero attached hydrogens (tertiary/aromatic N) is 1. The lowest BCUT2D eigenvalue weighted by Gasteiger charge is -2.29. The van der Waals surface area contributed by atoms with Crippen LogP contribution in [0.25, 0.3) is 0 Å². The van der Waals surface area contributed by atoms with Crippen LogP contribution in [0.2, 0.25) is 0 Å². The van der Waals surface area contributed by atoms with E-state index in [4.69, 9.17) is 0 Å². The van der Waals surface area contributed by atoms with E-state index in [0.29, 0.717) is 11.6 Å². The zero-order valence-corrected chi connectivity index (χ0v) is 11.9. The van der Waals surface area contributed by atoms with Crippen LogP contribution in [0, 0.1) is 11.7 Å².